The van der Waals surface area contributed by atoms with E-state index in [9.17, 15) is 9.59 Å². The number of benzene rings is 1. The van der Waals surface area contributed by atoms with Crippen LogP contribution in [0.25, 0.3) is 11.3 Å². The molecule has 2 fully saturated rings. The number of rotatable bonds is 3. The van der Waals surface area contributed by atoms with Crippen molar-refractivity contribution < 1.29 is 19.1 Å². The fourth-order valence-corrected chi connectivity index (χ4v) is 4.86. The molecule has 0 aliphatic carbocycles. The normalized spacial score (nSPS) is 23.1. The van der Waals surface area contributed by atoms with E-state index in [1.54, 1.807) is 31.1 Å². The third kappa shape index (κ3) is 4.25. The molecular weight excluding hydrogens is 436 g/mol. The molecule has 10 heteroatoms. The Morgan fingerprint density at radius 2 is 1.79 bits per heavy atom. The van der Waals surface area contributed by atoms with Crippen LogP contribution < -0.4 is 20.3 Å². The number of aromatic nitrogens is 2. The number of morpholine rings is 1. The van der Waals surface area contributed by atoms with Gasteiger partial charge in [0.05, 0.1) is 24.4 Å². The second kappa shape index (κ2) is 8.43. The second-order valence-corrected chi connectivity index (χ2v) is 9.72. The number of anilines is 2. The molecule has 0 saturated carbocycles. The molecule has 1 aromatic carbocycles. The summed E-state index contributed by atoms with van der Waals surface area (Å²) in [5.74, 6) is 0.650. The van der Waals surface area contributed by atoms with Crippen LogP contribution >= 0.6 is 0 Å². The summed E-state index contributed by atoms with van der Waals surface area (Å²) in [5.41, 5.74) is 1.63. The van der Waals surface area contributed by atoms with Crippen molar-refractivity contribution in [2.24, 2.45) is 0 Å². The van der Waals surface area contributed by atoms with Gasteiger partial charge in [0.15, 0.2) is 0 Å². The molecule has 2 bridgehead atoms. The maximum absolute atomic E-state index is 13.4. The first kappa shape index (κ1) is 22.4. The Balaban J connectivity index is 1.60. The van der Waals surface area contributed by atoms with Gasteiger partial charge in [0.1, 0.15) is 11.2 Å². The van der Waals surface area contributed by atoms with Gasteiger partial charge in [0, 0.05) is 38.4 Å². The minimum atomic E-state index is -0.607. The van der Waals surface area contributed by atoms with Crippen molar-refractivity contribution in [2.45, 2.75) is 44.5 Å². The molecular formula is C24H30N6O4. The number of amides is 3. The third-order valence-electron chi connectivity index (χ3n) is 6.39. The van der Waals surface area contributed by atoms with E-state index >= 15 is 0 Å². The Labute approximate surface area is 198 Å². The highest BCUT2D eigenvalue weighted by Crippen LogP contribution is 2.37. The van der Waals surface area contributed by atoms with E-state index in [-0.39, 0.29) is 24.1 Å². The predicted octanol–water partition coefficient (Wildman–Crippen LogP) is 2.51. The zero-order valence-electron chi connectivity index (χ0n) is 19.9. The van der Waals surface area contributed by atoms with Gasteiger partial charge in [-0.2, -0.15) is 4.98 Å². The van der Waals surface area contributed by atoms with E-state index < -0.39 is 5.60 Å². The van der Waals surface area contributed by atoms with E-state index in [0.717, 1.165) is 18.4 Å². The van der Waals surface area contributed by atoms with Crippen LogP contribution in [0.5, 0.6) is 5.88 Å². The Morgan fingerprint density at radius 1 is 1.12 bits per heavy atom. The van der Waals surface area contributed by atoms with E-state index in [2.05, 4.69) is 15.5 Å². The second-order valence-electron chi connectivity index (χ2n) is 9.72. The van der Waals surface area contributed by atoms with Crippen LogP contribution in [0.3, 0.4) is 0 Å². The predicted molar refractivity (Wildman–Crippen MR) is 127 cm³/mol. The van der Waals surface area contributed by atoms with Gasteiger partial charge in [-0.15, -0.1) is 0 Å². The molecule has 2 atom stereocenters. The maximum atomic E-state index is 13.4. The van der Waals surface area contributed by atoms with Crippen molar-refractivity contribution in [2.75, 3.05) is 43.9 Å². The van der Waals surface area contributed by atoms with Crippen LogP contribution in [0, 0.1) is 0 Å². The molecule has 180 valence electrons. The highest BCUT2D eigenvalue weighted by molar-refractivity contribution is 6.02. The van der Waals surface area contributed by atoms with Gasteiger partial charge in [0.25, 0.3) is 5.91 Å². The number of nitrogens with zero attached hydrogens (tertiary/aromatic N) is 4. The van der Waals surface area contributed by atoms with Gasteiger partial charge >= 0.3 is 6.03 Å². The summed E-state index contributed by atoms with van der Waals surface area (Å²) in [5, 5.41) is 5.27. The number of ether oxygens (including phenoxy) is 2. The Morgan fingerprint density at radius 3 is 2.44 bits per heavy atom. The molecule has 10 nitrogen and oxygen atoms in total. The topological polar surface area (TPSA) is 109 Å². The van der Waals surface area contributed by atoms with Crippen molar-refractivity contribution >= 4 is 23.6 Å². The average Bonchev–Trinajstić information content (AvgIpc) is 3.10. The molecule has 2 aromatic rings. The van der Waals surface area contributed by atoms with Gasteiger partial charge in [-0.05, 0) is 38.8 Å². The molecule has 2 unspecified atom stereocenters. The van der Waals surface area contributed by atoms with E-state index in [1.165, 1.54) is 0 Å². The molecule has 3 aliphatic rings. The molecule has 5 rings (SSSR count). The molecule has 2 saturated heterocycles. The van der Waals surface area contributed by atoms with Crippen molar-refractivity contribution in [3.8, 4) is 17.1 Å². The summed E-state index contributed by atoms with van der Waals surface area (Å²) in [7, 11) is 3.32. The summed E-state index contributed by atoms with van der Waals surface area (Å²) in [6, 6.07) is 6.93. The summed E-state index contributed by atoms with van der Waals surface area (Å²) in [6.45, 7) is 5.73. The van der Waals surface area contributed by atoms with E-state index in [0.29, 0.717) is 48.4 Å². The zero-order chi connectivity index (χ0) is 24.0. The molecule has 0 radical (unpaired) electrons. The quantitative estimate of drug-likeness (QED) is 0.715. The van der Waals surface area contributed by atoms with Crippen LogP contribution in [-0.4, -0.2) is 78.3 Å². The number of fused-ring (bicyclic) bond motifs is 3. The number of hydrogen-bond donors (Lipinski definition) is 2. The van der Waals surface area contributed by atoms with Crippen LogP contribution in [0.15, 0.2) is 24.3 Å². The lowest BCUT2D eigenvalue weighted by molar-refractivity contribution is 0.0297. The number of carbonyl (C=O) groups is 2. The molecule has 34 heavy (non-hydrogen) atoms. The first-order chi connectivity index (χ1) is 16.2. The Bertz CT molecular complexity index is 1110. The van der Waals surface area contributed by atoms with Crippen molar-refractivity contribution in [3.05, 3.63) is 29.8 Å². The monoisotopic (exact) mass is 466 g/mol. The van der Waals surface area contributed by atoms with Gasteiger partial charge in [-0.3, -0.25) is 4.79 Å². The number of likely N-dealkylation sites (N-methyl/N-ethyl adjacent to an activating group) is 1. The number of urea groups is 1. The van der Waals surface area contributed by atoms with Crippen molar-refractivity contribution in [1.29, 1.82) is 0 Å². The highest BCUT2D eigenvalue weighted by Gasteiger charge is 2.39. The molecule has 3 aliphatic heterocycles. The van der Waals surface area contributed by atoms with Crippen LogP contribution in [0.4, 0.5) is 16.4 Å². The number of nitrogens with one attached hydrogen (secondary N) is 2. The first-order valence-corrected chi connectivity index (χ1v) is 11.6. The molecule has 0 spiro atoms. The smallest absolute Gasteiger partial charge is 0.318 e. The summed E-state index contributed by atoms with van der Waals surface area (Å²) < 4.78 is 12.3. The largest absolute Gasteiger partial charge is 0.469 e. The third-order valence-corrected chi connectivity index (χ3v) is 6.39. The number of carbonyl (C=O) groups excluding carboxylic acids is 2. The SMILES string of the molecule is CNC(=O)Nc1ccc(-c2nc(N3CC4CCC(C3)O4)nc3c2C(=O)N(C)CC(C)(C)O3)cc1. The van der Waals surface area contributed by atoms with Crippen molar-refractivity contribution in [1.82, 2.24) is 20.2 Å². The Kier molecular flexibility index (Phi) is 5.55. The van der Waals surface area contributed by atoms with Crippen molar-refractivity contribution in [3.63, 3.8) is 0 Å². The zero-order valence-corrected chi connectivity index (χ0v) is 19.9. The lowest BCUT2D eigenvalue weighted by Gasteiger charge is -2.33. The van der Waals surface area contributed by atoms with Crippen LogP contribution in [0.2, 0.25) is 0 Å². The van der Waals surface area contributed by atoms with Gasteiger partial charge in [0.2, 0.25) is 11.8 Å². The first-order valence-electron chi connectivity index (χ1n) is 11.6. The van der Waals surface area contributed by atoms with Crippen LogP contribution in [0.1, 0.15) is 37.0 Å². The molecule has 4 heterocycles. The standard InChI is InChI=1S/C24H30N6O4/c1-24(2)13-29(4)21(31)18-19(14-5-7-15(8-6-14)26-23(32)25-3)27-22(28-20(18)34-24)30-11-16-9-10-17(12-30)33-16/h5-8,16-17H,9-13H2,1-4H3,(H2,25,26,32). The number of hydrogen-bond acceptors (Lipinski definition) is 7. The van der Waals surface area contributed by atoms with E-state index in [4.69, 9.17) is 19.4 Å². The lowest BCUT2D eigenvalue weighted by atomic mass is 10.1. The maximum Gasteiger partial charge on any atom is 0.318 e. The fourth-order valence-electron chi connectivity index (χ4n) is 4.86. The Hall–Kier alpha value is -3.40. The van der Waals surface area contributed by atoms with E-state index in [1.807, 2.05) is 26.0 Å². The molecule has 2 N–H and O–H groups in total. The summed E-state index contributed by atoms with van der Waals surface area (Å²) in [4.78, 5) is 38.5. The summed E-state index contributed by atoms with van der Waals surface area (Å²) in [6.07, 6.45) is 2.41. The highest BCUT2D eigenvalue weighted by atomic mass is 16.5. The summed E-state index contributed by atoms with van der Waals surface area (Å²) >= 11 is 0. The van der Waals surface area contributed by atoms with Gasteiger partial charge in [-0.1, -0.05) is 12.1 Å². The van der Waals surface area contributed by atoms with Crippen LogP contribution in [-0.2, 0) is 4.74 Å². The fraction of sp³-hybridized carbons (Fsp3) is 0.500. The molecule has 1 aromatic heterocycles. The molecule has 3 amide bonds. The van der Waals surface area contributed by atoms with Gasteiger partial charge < -0.3 is 29.9 Å². The minimum absolute atomic E-state index is 0.171. The van der Waals surface area contributed by atoms with Gasteiger partial charge in [-0.25, -0.2) is 9.78 Å². The minimum Gasteiger partial charge on any atom is -0.469 e. The average molecular weight is 467 g/mol. The lowest BCUT2D eigenvalue weighted by Crippen LogP contribution is -2.43.